The molecule has 2 heterocycles. The zero-order valence-corrected chi connectivity index (χ0v) is 8.59. The lowest BCUT2D eigenvalue weighted by Gasteiger charge is -2.32. The van der Waals surface area contributed by atoms with Crippen molar-refractivity contribution in [1.29, 1.82) is 0 Å². The van der Waals surface area contributed by atoms with Crippen LogP contribution < -0.4 is 10.6 Å². The van der Waals surface area contributed by atoms with Gasteiger partial charge in [0.2, 0.25) is 0 Å². The van der Waals surface area contributed by atoms with Crippen molar-refractivity contribution in [1.82, 2.24) is 4.98 Å². The van der Waals surface area contributed by atoms with Crippen LogP contribution in [0.25, 0.3) is 0 Å². The number of alkyl halides is 2. The monoisotopic (exact) mass is 231 g/mol. The summed E-state index contributed by atoms with van der Waals surface area (Å²) in [6.45, 7) is 0.195. The van der Waals surface area contributed by atoms with E-state index in [0.717, 1.165) is 0 Å². The van der Waals surface area contributed by atoms with Crippen molar-refractivity contribution in [2.24, 2.45) is 0 Å². The molecule has 0 saturated carbocycles. The Morgan fingerprint density at radius 2 is 1.88 bits per heavy atom. The van der Waals surface area contributed by atoms with Crippen LogP contribution in [0.5, 0.6) is 0 Å². The van der Waals surface area contributed by atoms with Gasteiger partial charge in [-0.3, -0.25) is 0 Å². The molecule has 2 rings (SSSR count). The van der Waals surface area contributed by atoms with Gasteiger partial charge in [0.05, 0.1) is 0 Å². The van der Waals surface area contributed by atoms with Crippen LogP contribution in [0.1, 0.15) is 12.8 Å². The number of anilines is 2. The fourth-order valence-corrected chi connectivity index (χ4v) is 1.71. The Kier molecular flexibility index (Phi) is 2.65. The first-order chi connectivity index (χ1) is 7.48. The number of nitrogens with two attached hydrogens (primary N) is 1. The van der Waals surface area contributed by atoms with E-state index in [1.165, 1.54) is 17.0 Å². The van der Waals surface area contributed by atoms with Crippen LogP contribution in [0.4, 0.5) is 24.8 Å². The molecule has 88 valence electrons. The summed E-state index contributed by atoms with van der Waals surface area (Å²) in [5.74, 6) is -2.92. The lowest BCUT2D eigenvalue weighted by atomic mass is 10.1. The Labute approximate surface area is 91.1 Å². The smallest absolute Gasteiger partial charge is 0.251 e. The van der Waals surface area contributed by atoms with Gasteiger partial charge in [-0.1, -0.05) is 0 Å². The number of rotatable bonds is 1. The average molecular weight is 231 g/mol. The second-order valence-corrected chi connectivity index (χ2v) is 3.88. The molecular weight excluding hydrogens is 219 g/mol. The molecule has 0 amide bonds. The second-order valence-electron chi connectivity index (χ2n) is 3.88. The summed E-state index contributed by atoms with van der Waals surface area (Å²) < 4.78 is 39.2. The number of hydrogen-bond acceptors (Lipinski definition) is 3. The highest BCUT2D eigenvalue weighted by Crippen LogP contribution is 2.30. The first-order valence-corrected chi connectivity index (χ1v) is 5.03. The van der Waals surface area contributed by atoms with Gasteiger partial charge in [-0.25, -0.2) is 18.2 Å². The Morgan fingerprint density at radius 1 is 1.25 bits per heavy atom. The van der Waals surface area contributed by atoms with Crippen molar-refractivity contribution in [3.63, 3.8) is 0 Å². The third-order valence-electron chi connectivity index (χ3n) is 2.64. The summed E-state index contributed by atoms with van der Waals surface area (Å²) in [5, 5.41) is 0. The van der Waals surface area contributed by atoms with Gasteiger partial charge in [-0.15, -0.1) is 0 Å². The zero-order chi connectivity index (χ0) is 11.8. The number of nitrogen functional groups attached to an aromatic ring is 1. The summed E-state index contributed by atoms with van der Waals surface area (Å²) in [6.07, 6.45) is -0.550. The molecule has 0 spiro atoms. The quantitative estimate of drug-likeness (QED) is 0.804. The maximum atomic E-state index is 13.4. The van der Waals surface area contributed by atoms with Crippen molar-refractivity contribution in [2.75, 3.05) is 23.7 Å². The largest absolute Gasteiger partial charge is 0.384 e. The van der Waals surface area contributed by atoms with Crippen LogP contribution >= 0.6 is 0 Å². The van der Waals surface area contributed by atoms with Crippen molar-refractivity contribution in [3.8, 4) is 0 Å². The van der Waals surface area contributed by atoms with Gasteiger partial charge in [0.15, 0.2) is 11.6 Å². The molecule has 1 aliphatic rings. The standard InChI is InChI=1S/C10H12F3N3/c11-7-1-2-8(14)15-9(7)16-5-3-10(12,13)4-6-16/h1-2H,3-6H2,(H2,14,15). The third kappa shape index (κ3) is 2.20. The molecule has 0 aromatic carbocycles. The zero-order valence-electron chi connectivity index (χ0n) is 8.59. The van der Waals surface area contributed by atoms with Crippen molar-refractivity contribution >= 4 is 11.6 Å². The summed E-state index contributed by atoms with van der Waals surface area (Å²) >= 11 is 0. The molecular formula is C10H12F3N3. The van der Waals surface area contributed by atoms with E-state index in [1.807, 2.05) is 0 Å². The van der Waals surface area contributed by atoms with E-state index in [4.69, 9.17) is 5.73 Å². The number of hydrogen-bond donors (Lipinski definition) is 1. The number of nitrogens with zero attached hydrogens (tertiary/aromatic N) is 2. The van der Waals surface area contributed by atoms with E-state index in [0.29, 0.717) is 0 Å². The third-order valence-corrected chi connectivity index (χ3v) is 2.64. The van der Waals surface area contributed by atoms with Gasteiger partial charge in [0.1, 0.15) is 5.82 Å². The minimum absolute atomic E-state index is 0.0653. The maximum Gasteiger partial charge on any atom is 0.251 e. The minimum Gasteiger partial charge on any atom is -0.384 e. The van der Waals surface area contributed by atoms with Crippen LogP contribution in [-0.2, 0) is 0 Å². The van der Waals surface area contributed by atoms with E-state index in [9.17, 15) is 13.2 Å². The van der Waals surface area contributed by atoms with Crippen molar-refractivity contribution in [3.05, 3.63) is 17.9 Å². The molecule has 1 fully saturated rings. The molecule has 0 radical (unpaired) electrons. The summed E-state index contributed by atoms with van der Waals surface area (Å²) in [5.41, 5.74) is 5.43. The normalized spacial score (nSPS) is 19.8. The highest BCUT2D eigenvalue weighted by atomic mass is 19.3. The van der Waals surface area contributed by atoms with Crippen molar-refractivity contribution in [2.45, 2.75) is 18.8 Å². The van der Waals surface area contributed by atoms with E-state index in [-0.39, 0.29) is 37.6 Å². The predicted octanol–water partition coefficient (Wildman–Crippen LogP) is 2.04. The highest BCUT2D eigenvalue weighted by molar-refractivity contribution is 5.46. The fourth-order valence-electron chi connectivity index (χ4n) is 1.71. The first-order valence-electron chi connectivity index (χ1n) is 5.03. The van der Waals surface area contributed by atoms with Crippen LogP contribution in [0.15, 0.2) is 12.1 Å². The average Bonchev–Trinajstić information content (AvgIpc) is 2.22. The molecule has 1 saturated heterocycles. The number of pyridine rings is 1. The maximum absolute atomic E-state index is 13.4. The number of piperidine rings is 1. The molecule has 0 bridgehead atoms. The molecule has 3 nitrogen and oxygen atoms in total. The summed E-state index contributed by atoms with van der Waals surface area (Å²) in [4.78, 5) is 5.33. The number of halogens is 3. The van der Waals surface area contributed by atoms with Gasteiger partial charge in [-0.05, 0) is 12.1 Å². The Bertz CT molecular complexity index is 385. The Morgan fingerprint density at radius 3 is 2.50 bits per heavy atom. The molecule has 16 heavy (non-hydrogen) atoms. The topological polar surface area (TPSA) is 42.1 Å². The summed E-state index contributed by atoms with van der Waals surface area (Å²) in [6, 6.07) is 2.54. The van der Waals surface area contributed by atoms with E-state index >= 15 is 0 Å². The van der Waals surface area contributed by atoms with E-state index in [2.05, 4.69) is 4.98 Å². The van der Waals surface area contributed by atoms with Gasteiger partial charge in [-0.2, -0.15) is 0 Å². The molecule has 0 unspecified atom stereocenters. The molecule has 6 heteroatoms. The van der Waals surface area contributed by atoms with Gasteiger partial charge < -0.3 is 10.6 Å². The SMILES string of the molecule is Nc1ccc(F)c(N2CCC(F)(F)CC2)n1. The lowest BCUT2D eigenvalue weighted by molar-refractivity contribution is -0.0222. The van der Waals surface area contributed by atoms with Gasteiger partial charge in [0.25, 0.3) is 5.92 Å². The van der Waals surface area contributed by atoms with Crippen molar-refractivity contribution < 1.29 is 13.2 Å². The van der Waals surface area contributed by atoms with Crippen LogP contribution in [-0.4, -0.2) is 24.0 Å². The van der Waals surface area contributed by atoms with Crippen LogP contribution in [0.3, 0.4) is 0 Å². The highest BCUT2D eigenvalue weighted by Gasteiger charge is 2.35. The van der Waals surface area contributed by atoms with Crippen LogP contribution in [0.2, 0.25) is 0 Å². The lowest BCUT2D eigenvalue weighted by Crippen LogP contribution is -2.40. The fraction of sp³-hybridized carbons (Fsp3) is 0.500. The van der Waals surface area contributed by atoms with E-state index in [1.54, 1.807) is 0 Å². The summed E-state index contributed by atoms with van der Waals surface area (Å²) in [7, 11) is 0. The molecule has 0 aliphatic carbocycles. The van der Waals surface area contributed by atoms with Gasteiger partial charge in [0, 0.05) is 25.9 Å². The molecule has 2 N–H and O–H groups in total. The number of aromatic nitrogens is 1. The second kappa shape index (κ2) is 3.84. The predicted molar refractivity (Wildman–Crippen MR) is 55.0 cm³/mol. The molecule has 0 atom stereocenters. The molecule has 1 aromatic rings. The van der Waals surface area contributed by atoms with Gasteiger partial charge >= 0.3 is 0 Å². The molecule has 1 aromatic heterocycles. The molecule has 1 aliphatic heterocycles. The Balaban J connectivity index is 2.17. The van der Waals surface area contributed by atoms with Crippen LogP contribution in [0, 0.1) is 5.82 Å². The van der Waals surface area contributed by atoms with E-state index < -0.39 is 11.7 Å². The Hall–Kier alpha value is -1.46. The first kappa shape index (κ1) is 11.0. The minimum atomic E-state index is -2.65.